The van der Waals surface area contributed by atoms with E-state index >= 15 is 0 Å². The Kier molecular flexibility index (Phi) is 2.39. The first-order valence-corrected chi connectivity index (χ1v) is 5.51. The number of hydrogen-bond acceptors (Lipinski definition) is 2. The van der Waals surface area contributed by atoms with Gasteiger partial charge in [0.1, 0.15) is 0 Å². The van der Waals surface area contributed by atoms with Crippen LogP contribution in [-0.4, -0.2) is 27.9 Å². The maximum atomic E-state index is 11.2. The smallest absolute Gasteiger partial charge is 0.404 e. The molecule has 0 atom stereocenters. The first-order chi connectivity index (χ1) is 6.87. The maximum Gasteiger partial charge on any atom is 0.404 e. The zero-order valence-corrected chi connectivity index (χ0v) is 9.44. The Morgan fingerprint density at radius 2 is 2.13 bits per heavy atom. The summed E-state index contributed by atoms with van der Waals surface area (Å²) in [4.78, 5) is 21.4. The standard InChI is InChI=1S/C9H11Cl2NO3/c10-9(11)6(13)3-8(9)1-5(2-8)4-12-7(14)15/h5,12H,1-4H2,(H,14,15). The quantitative estimate of drug-likeness (QED) is 0.736. The lowest BCUT2D eigenvalue weighted by Gasteiger charge is -2.59. The third-order valence-corrected chi connectivity index (χ3v) is 4.64. The van der Waals surface area contributed by atoms with Crippen LogP contribution in [0.5, 0.6) is 0 Å². The van der Waals surface area contributed by atoms with Crippen molar-refractivity contribution < 1.29 is 14.7 Å². The summed E-state index contributed by atoms with van der Waals surface area (Å²) in [5.41, 5.74) is -0.280. The second-order valence-corrected chi connectivity index (χ2v) is 5.74. The van der Waals surface area contributed by atoms with Gasteiger partial charge >= 0.3 is 6.09 Å². The highest BCUT2D eigenvalue weighted by Crippen LogP contribution is 2.66. The maximum absolute atomic E-state index is 11.2. The van der Waals surface area contributed by atoms with E-state index in [9.17, 15) is 9.59 Å². The average molecular weight is 252 g/mol. The molecule has 1 amide bonds. The molecule has 0 unspecified atom stereocenters. The molecule has 2 N–H and O–H groups in total. The highest BCUT2D eigenvalue weighted by atomic mass is 35.5. The topological polar surface area (TPSA) is 66.4 Å². The van der Waals surface area contributed by atoms with Crippen molar-refractivity contribution in [3.63, 3.8) is 0 Å². The molecule has 2 fully saturated rings. The third kappa shape index (κ3) is 1.51. The molecule has 0 radical (unpaired) electrons. The number of amides is 1. The van der Waals surface area contributed by atoms with E-state index in [-0.39, 0.29) is 17.1 Å². The summed E-state index contributed by atoms with van der Waals surface area (Å²) in [6.07, 6.45) is 0.866. The number of halogens is 2. The van der Waals surface area contributed by atoms with E-state index in [4.69, 9.17) is 28.3 Å². The van der Waals surface area contributed by atoms with Gasteiger partial charge in [0.05, 0.1) is 0 Å². The minimum atomic E-state index is -1.23. The molecule has 0 bridgehead atoms. The van der Waals surface area contributed by atoms with E-state index in [0.29, 0.717) is 13.0 Å². The van der Waals surface area contributed by atoms with Crippen molar-refractivity contribution in [2.75, 3.05) is 6.54 Å². The molecular formula is C9H11Cl2NO3. The third-order valence-electron chi connectivity index (χ3n) is 3.42. The fourth-order valence-electron chi connectivity index (χ4n) is 2.54. The minimum Gasteiger partial charge on any atom is -0.465 e. The van der Waals surface area contributed by atoms with Crippen LogP contribution in [0.15, 0.2) is 0 Å². The number of ketones is 1. The average Bonchev–Trinajstić information content (AvgIpc) is 2.07. The summed E-state index contributed by atoms with van der Waals surface area (Å²) in [5, 5.41) is 10.7. The van der Waals surface area contributed by atoms with Gasteiger partial charge in [-0.2, -0.15) is 0 Å². The van der Waals surface area contributed by atoms with Crippen molar-refractivity contribution in [3.05, 3.63) is 0 Å². The van der Waals surface area contributed by atoms with Gasteiger partial charge in [-0.1, -0.05) is 23.2 Å². The van der Waals surface area contributed by atoms with Gasteiger partial charge in [-0.25, -0.2) is 4.79 Å². The van der Waals surface area contributed by atoms with Gasteiger partial charge in [-0.3, -0.25) is 4.79 Å². The molecule has 2 aliphatic carbocycles. The number of Topliss-reactive ketones (excluding diaryl/α,β-unsaturated/α-hetero) is 1. The molecule has 1 spiro atoms. The SMILES string of the molecule is O=C(O)NCC1CC2(CC(=O)C2(Cl)Cl)C1. The van der Waals surface area contributed by atoms with Crippen molar-refractivity contribution in [1.29, 1.82) is 0 Å². The lowest BCUT2D eigenvalue weighted by Crippen LogP contribution is -2.64. The highest BCUT2D eigenvalue weighted by molar-refractivity contribution is 6.61. The van der Waals surface area contributed by atoms with E-state index in [1.165, 1.54) is 0 Å². The summed E-state index contributed by atoms with van der Waals surface area (Å²) >= 11 is 11.8. The van der Waals surface area contributed by atoms with Crippen LogP contribution in [-0.2, 0) is 4.79 Å². The molecule has 84 valence electrons. The second kappa shape index (κ2) is 3.25. The Balaban J connectivity index is 1.83. The molecule has 2 aliphatic rings. The Labute approximate surface area is 96.9 Å². The van der Waals surface area contributed by atoms with Gasteiger partial charge in [0, 0.05) is 18.4 Å². The van der Waals surface area contributed by atoms with E-state index in [0.717, 1.165) is 12.8 Å². The fourth-order valence-corrected chi connectivity index (χ4v) is 3.12. The van der Waals surface area contributed by atoms with E-state index in [2.05, 4.69) is 5.32 Å². The van der Waals surface area contributed by atoms with Crippen LogP contribution in [0.25, 0.3) is 0 Å². The predicted molar refractivity (Wildman–Crippen MR) is 55.2 cm³/mol. The summed E-state index contributed by atoms with van der Waals surface area (Å²) in [5.74, 6) is 0.140. The van der Waals surface area contributed by atoms with Crippen LogP contribution in [0.2, 0.25) is 0 Å². The molecule has 6 heteroatoms. The molecule has 0 aromatic heterocycles. The molecular weight excluding hydrogens is 241 g/mol. The van der Waals surface area contributed by atoms with E-state index < -0.39 is 10.4 Å². The molecule has 2 rings (SSSR count). The second-order valence-electron chi connectivity index (χ2n) is 4.42. The monoisotopic (exact) mass is 251 g/mol. The molecule has 4 nitrogen and oxygen atoms in total. The summed E-state index contributed by atoms with van der Waals surface area (Å²) in [6, 6.07) is 0. The van der Waals surface area contributed by atoms with Crippen molar-refractivity contribution in [2.24, 2.45) is 11.3 Å². The zero-order valence-electron chi connectivity index (χ0n) is 7.93. The number of carbonyl (C=O) groups excluding carboxylic acids is 1. The number of carbonyl (C=O) groups is 2. The van der Waals surface area contributed by atoms with Crippen molar-refractivity contribution in [3.8, 4) is 0 Å². The molecule has 15 heavy (non-hydrogen) atoms. The van der Waals surface area contributed by atoms with Crippen LogP contribution in [0.3, 0.4) is 0 Å². The van der Waals surface area contributed by atoms with Gasteiger partial charge in [-0.05, 0) is 18.8 Å². The van der Waals surface area contributed by atoms with Crippen LogP contribution < -0.4 is 5.32 Å². The Morgan fingerprint density at radius 3 is 2.53 bits per heavy atom. The lowest BCUT2D eigenvalue weighted by atomic mass is 9.50. The summed E-state index contributed by atoms with van der Waals surface area (Å²) in [7, 11) is 0. The first-order valence-electron chi connectivity index (χ1n) is 4.75. The number of alkyl halides is 2. The van der Waals surface area contributed by atoms with Crippen LogP contribution in [0, 0.1) is 11.3 Å². The highest BCUT2D eigenvalue weighted by Gasteiger charge is 2.68. The Hall–Kier alpha value is -0.480. The number of nitrogens with one attached hydrogen (secondary N) is 1. The van der Waals surface area contributed by atoms with Crippen LogP contribution in [0.1, 0.15) is 19.3 Å². The van der Waals surface area contributed by atoms with Gasteiger partial charge in [-0.15, -0.1) is 0 Å². The Bertz CT molecular complexity index is 323. The van der Waals surface area contributed by atoms with E-state index in [1.54, 1.807) is 0 Å². The number of carboxylic acid groups (broad SMARTS) is 1. The molecule has 0 aromatic carbocycles. The van der Waals surface area contributed by atoms with Crippen molar-refractivity contribution in [2.45, 2.75) is 23.6 Å². The lowest BCUT2D eigenvalue weighted by molar-refractivity contribution is -0.144. The van der Waals surface area contributed by atoms with Gasteiger partial charge in [0.15, 0.2) is 10.1 Å². The van der Waals surface area contributed by atoms with Crippen LogP contribution >= 0.6 is 23.2 Å². The molecule has 0 heterocycles. The molecule has 0 saturated heterocycles. The molecule has 0 aliphatic heterocycles. The summed E-state index contributed by atoms with van der Waals surface area (Å²) in [6.45, 7) is 0.412. The number of hydrogen-bond donors (Lipinski definition) is 2. The first kappa shape index (κ1) is 11.0. The van der Waals surface area contributed by atoms with Gasteiger partial charge in [0.25, 0.3) is 0 Å². The normalized spacial score (nSPS) is 36.9. The van der Waals surface area contributed by atoms with Gasteiger partial charge < -0.3 is 10.4 Å². The van der Waals surface area contributed by atoms with Crippen LogP contribution in [0.4, 0.5) is 4.79 Å². The molecule has 0 aromatic rings. The fraction of sp³-hybridized carbons (Fsp3) is 0.778. The van der Waals surface area contributed by atoms with Crippen molar-refractivity contribution in [1.82, 2.24) is 5.32 Å². The minimum absolute atomic E-state index is 0.115. The number of rotatable bonds is 2. The summed E-state index contributed by atoms with van der Waals surface area (Å²) < 4.78 is -1.23. The molecule has 2 saturated carbocycles. The van der Waals surface area contributed by atoms with Crippen molar-refractivity contribution >= 4 is 35.1 Å². The van der Waals surface area contributed by atoms with Gasteiger partial charge in [0.2, 0.25) is 0 Å². The zero-order chi connectivity index (χ0) is 11.3. The Morgan fingerprint density at radius 1 is 1.53 bits per heavy atom. The van der Waals surface area contributed by atoms with E-state index in [1.807, 2.05) is 0 Å². The predicted octanol–water partition coefficient (Wildman–Crippen LogP) is 1.80. The largest absolute Gasteiger partial charge is 0.465 e.